The van der Waals surface area contributed by atoms with E-state index in [0.29, 0.717) is 10.7 Å². The van der Waals surface area contributed by atoms with Crippen LogP contribution in [0.25, 0.3) is 0 Å². The number of nitrogens with one attached hydrogen (secondary N) is 1. The minimum Gasteiger partial charge on any atom is -0.480 e. The van der Waals surface area contributed by atoms with Gasteiger partial charge in [-0.05, 0) is 16.0 Å². The van der Waals surface area contributed by atoms with Crippen LogP contribution < -0.4 is 11.1 Å². The maximum atomic E-state index is 13.0. The Morgan fingerprint density at radius 1 is 1.42 bits per heavy atom. The maximum absolute atomic E-state index is 13.0. The molecule has 0 aliphatic carbocycles. The average Bonchev–Trinajstić information content (AvgIpc) is 3.19. The van der Waals surface area contributed by atoms with Gasteiger partial charge in [0.05, 0.1) is 5.75 Å². The molecule has 3 atom stereocenters. The zero-order valence-electron chi connectivity index (χ0n) is 17.5. The Hall–Kier alpha value is -2.34. The molecule has 3 heterocycles. The largest absolute Gasteiger partial charge is 0.480 e. The Bertz CT molecular complexity index is 1000. The number of nitrogens with two attached hydrogens (primary N) is 1. The van der Waals surface area contributed by atoms with E-state index in [2.05, 4.69) is 20.8 Å². The quantitative estimate of drug-likeness (QED) is 0.144. The molecular formula is C16H21N7O7S3. The number of aromatic nitrogens is 4. The summed E-state index contributed by atoms with van der Waals surface area (Å²) < 4.78 is 6.82. The molecular weight excluding hydrogens is 498 g/mol. The van der Waals surface area contributed by atoms with Crippen LogP contribution >= 0.6 is 35.3 Å². The van der Waals surface area contributed by atoms with Crippen molar-refractivity contribution in [3.8, 4) is 0 Å². The summed E-state index contributed by atoms with van der Waals surface area (Å²) in [4.78, 5) is 49.3. The van der Waals surface area contributed by atoms with E-state index in [0.717, 1.165) is 16.7 Å². The number of fused-ring (bicyclic) bond motifs is 1. The van der Waals surface area contributed by atoms with Gasteiger partial charge in [0.2, 0.25) is 11.1 Å². The van der Waals surface area contributed by atoms with E-state index in [1.54, 1.807) is 7.05 Å². The molecule has 0 radical (unpaired) electrons. The predicted molar refractivity (Wildman–Crippen MR) is 118 cm³/mol. The van der Waals surface area contributed by atoms with Crippen molar-refractivity contribution in [2.75, 3.05) is 30.1 Å². The second kappa shape index (κ2) is 10.3. The molecule has 2 amide bonds. The number of methoxy groups -OCH3 is 1. The van der Waals surface area contributed by atoms with Crippen LogP contribution in [-0.4, -0.2) is 106 Å². The van der Waals surface area contributed by atoms with E-state index in [1.807, 2.05) is 0 Å². The molecule has 1 fully saturated rings. The Morgan fingerprint density at radius 3 is 2.73 bits per heavy atom. The maximum Gasteiger partial charge on any atom is 0.352 e. The van der Waals surface area contributed by atoms with E-state index in [4.69, 9.17) is 15.6 Å². The Morgan fingerprint density at radius 2 is 2.15 bits per heavy atom. The molecule has 180 valence electrons. The normalized spacial score (nSPS) is 23.1. The highest BCUT2D eigenvalue weighted by atomic mass is 32.2. The molecule has 1 aromatic rings. The first-order valence-electron chi connectivity index (χ1n) is 9.30. The molecule has 33 heavy (non-hydrogen) atoms. The third-order valence-electron chi connectivity index (χ3n) is 4.76. The number of amides is 2. The Labute approximate surface area is 200 Å². The van der Waals surface area contributed by atoms with Gasteiger partial charge in [0.25, 0.3) is 11.6 Å². The second-order valence-electron chi connectivity index (χ2n) is 6.92. The minimum absolute atomic E-state index is 0.00888. The minimum atomic E-state index is -1.72. The highest BCUT2D eigenvalue weighted by Gasteiger charge is 2.66. The number of carboxylic acids is 2. The van der Waals surface area contributed by atoms with Crippen LogP contribution in [0.15, 0.2) is 16.4 Å². The van der Waals surface area contributed by atoms with Crippen molar-refractivity contribution < 1.29 is 34.1 Å². The van der Waals surface area contributed by atoms with Gasteiger partial charge in [0, 0.05) is 31.4 Å². The monoisotopic (exact) mass is 519 g/mol. The lowest BCUT2D eigenvalue weighted by atomic mass is 9.98. The average molecular weight is 520 g/mol. The van der Waals surface area contributed by atoms with Crippen LogP contribution in [0.5, 0.6) is 0 Å². The number of aliphatic carboxylic acids is 2. The summed E-state index contributed by atoms with van der Waals surface area (Å²) in [7, 11) is 2.91. The van der Waals surface area contributed by atoms with Crippen LogP contribution in [0, 0.1) is 0 Å². The van der Waals surface area contributed by atoms with E-state index in [1.165, 1.54) is 35.3 Å². The Balaban J connectivity index is 1.70. The number of hydrogen-bond acceptors (Lipinski definition) is 12. The van der Waals surface area contributed by atoms with E-state index in [-0.39, 0.29) is 28.7 Å². The van der Waals surface area contributed by atoms with Crippen LogP contribution in [0.4, 0.5) is 0 Å². The van der Waals surface area contributed by atoms with Gasteiger partial charge in [-0.15, -0.1) is 28.6 Å². The Kier molecular flexibility index (Phi) is 7.88. The van der Waals surface area contributed by atoms with Gasteiger partial charge in [-0.1, -0.05) is 11.8 Å². The summed E-state index contributed by atoms with van der Waals surface area (Å²) >= 11 is 3.50. The number of carboxylic acid groups (broad SMARTS) is 2. The topological polar surface area (TPSA) is 203 Å². The molecule has 2 aliphatic rings. The molecule has 0 unspecified atom stereocenters. The number of aryl methyl sites for hydroxylation is 1. The smallest absolute Gasteiger partial charge is 0.352 e. The molecule has 17 heteroatoms. The lowest BCUT2D eigenvalue weighted by Crippen LogP contribution is -2.80. The summed E-state index contributed by atoms with van der Waals surface area (Å²) in [5.74, 6) is -3.32. The number of rotatable bonds is 11. The number of carbonyl (C=O) groups excluding carboxylic acids is 2. The molecule has 1 saturated heterocycles. The molecule has 1 aromatic heterocycles. The molecule has 0 bridgehead atoms. The van der Waals surface area contributed by atoms with Crippen molar-refractivity contribution in [3.63, 3.8) is 0 Å². The number of tetrazole rings is 1. The van der Waals surface area contributed by atoms with E-state index in [9.17, 15) is 24.3 Å². The number of thioether (sulfide) groups is 3. The SMILES string of the molecule is CO[C@@]1(NC(=O)CSC[C@@H](N)C(=O)O)C(=O)N2C(C(=O)O)=C(CSc3nnnn3C)CS[C@H]21. The van der Waals surface area contributed by atoms with E-state index < -0.39 is 40.9 Å². The van der Waals surface area contributed by atoms with Gasteiger partial charge in [-0.25, -0.2) is 9.48 Å². The van der Waals surface area contributed by atoms with Crippen LogP contribution in [-0.2, 0) is 31.0 Å². The fourth-order valence-electron chi connectivity index (χ4n) is 3.14. The van der Waals surface area contributed by atoms with E-state index >= 15 is 0 Å². The molecule has 0 saturated carbocycles. The van der Waals surface area contributed by atoms with Gasteiger partial charge in [-0.2, -0.15) is 0 Å². The molecule has 2 aliphatic heterocycles. The summed E-state index contributed by atoms with van der Waals surface area (Å²) in [6.45, 7) is 0. The van der Waals surface area contributed by atoms with Crippen molar-refractivity contribution in [1.82, 2.24) is 30.4 Å². The first-order chi connectivity index (χ1) is 15.6. The predicted octanol–water partition coefficient (Wildman–Crippen LogP) is -1.84. The summed E-state index contributed by atoms with van der Waals surface area (Å²) in [5.41, 5.74) is 4.05. The number of hydrogen-bond donors (Lipinski definition) is 4. The zero-order chi connectivity index (χ0) is 24.3. The van der Waals surface area contributed by atoms with Gasteiger partial charge in [0.1, 0.15) is 17.1 Å². The van der Waals surface area contributed by atoms with Gasteiger partial charge < -0.3 is 26.0 Å². The van der Waals surface area contributed by atoms with Crippen molar-refractivity contribution in [1.29, 1.82) is 0 Å². The number of nitrogens with zero attached hydrogens (tertiary/aromatic N) is 5. The molecule has 3 rings (SSSR count). The standard InChI is InChI=1S/C16H21N7O7S3/c1-22-15(19-20-21-22)33-4-7-3-32-14-16(30-2,13(29)23(14)10(7)12(27)28)18-9(24)6-31-5-8(17)11(25)26/h8,14H,3-6,17H2,1-2H3,(H,18,24)(H,25,26)(H,27,28)/t8-,14+,16+/m1/s1. The van der Waals surface area contributed by atoms with Crippen molar-refractivity contribution in [2.45, 2.75) is 22.3 Å². The third kappa shape index (κ3) is 4.96. The van der Waals surface area contributed by atoms with Crippen molar-refractivity contribution >= 4 is 59.0 Å². The highest BCUT2D eigenvalue weighted by molar-refractivity contribution is 8.01. The van der Waals surface area contributed by atoms with Gasteiger partial charge in [0.15, 0.2) is 0 Å². The molecule has 0 spiro atoms. The van der Waals surface area contributed by atoms with Crippen LogP contribution in [0.1, 0.15) is 0 Å². The first kappa shape index (κ1) is 25.3. The number of carbonyl (C=O) groups is 4. The first-order valence-corrected chi connectivity index (χ1v) is 12.5. The number of β-lactam (4-membered cyclic amide) rings is 1. The molecule has 0 aromatic carbocycles. The lowest BCUT2D eigenvalue weighted by molar-refractivity contribution is -0.192. The molecule has 5 N–H and O–H groups in total. The summed E-state index contributed by atoms with van der Waals surface area (Å²) in [6, 6.07) is -1.12. The fraction of sp³-hybridized carbons (Fsp3) is 0.562. The molecule has 14 nitrogen and oxygen atoms in total. The van der Waals surface area contributed by atoms with Crippen LogP contribution in [0.2, 0.25) is 0 Å². The van der Waals surface area contributed by atoms with Gasteiger partial charge in [-0.3, -0.25) is 19.3 Å². The van der Waals surface area contributed by atoms with Crippen molar-refractivity contribution in [3.05, 3.63) is 11.3 Å². The zero-order valence-corrected chi connectivity index (χ0v) is 19.9. The third-order valence-corrected chi connectivity index (χ3v) is 8.30. The fourth-order valence-corrected chi connectivity index (χ4v) is 6.34. The number of ether oxygens (including phenoxy) is 1. The summed E-state index contributed by atoms with van der Waals surface area (Å²) in [5, 5.41) is 31.9. The lowest BCUT2D eigenvalue weighted by Gasteiger charge is -2.55. The summed E-state index contributed by atoms with van der Waals surface area (Å²) in [6.07, 6.45) is 0. The highest BCUT2D eigenvalue weighted by Crippen LogP contribution is 2.47. The van der Waals surface area contributed by atoms with Crippen LogP contribution in [0.3, 0.4) is 0 Å². The second-order valence-corrected chi connectivity index (χ2v) is 9.96. The van der Waals surface area contributed by atoms with Crippen molar-refractivity contribution in [2.24, 2.45) is 12.8 Å². The van der Waals surface area contributed by atoms with Gasteiger partial charge >= 0.3 is 11.9 Å².